The molecule has 152 valence electrons. The minimum Gasteiger partial charge on any atom is -0.492 e. The summed E-state index contributed by atoms with van der Waals surface area (Å²) in [5, 5.41) is 0. The van der Waals surface area contributed by atoms with E-state index in [1.165, 1.54) is 0 Å². The van der Waals surface area contributed by atoms with Crippen molar-refractivity contribution in [3.63, 3.8) is 0 Å². The lowest BCUT2D eigenvalue weighted by Crippen LogP contribution is -2.38. The van der Waals surface area contributed by atoms with Crippen molar-refractivity contribution < 1.29 is 19.0 Å². The summed E-state index contributed by atoms with van der Waals surface area (Å²) in [7, 11) is 0. The predicted molar refractivity (Wildman–Crippen MR) is 111 cm³/mol. The van der Waals surface area contributed by atoms with Crippen molar-refractivity contribution in [1.82, 2.24) is 4.90 Å². The molecule has 0 saturated carbocycles. The molecule has 7 heteroatoms. The molecule has 28 heavy (non-hydrogen) atoms. The number of anilines is 2. The molecule has 0 spiro atoms. The molecule has 0 unspecified atom stereocenters. The second-order valence-electron chi connectivity index (χ2n) is 6.29. The van der Waals surface area contributed by atoms with E-state index in [0.717, 1.165) is 12.8 Å². The van der Waals surface area contributed by atoms with Gasteiger partial charge in [-0.25, -0.2) is 4.79 Å². The molecule has 0 radical (unpaired) electrons. The zero-order chi connectivity index (χ0) is 20.2. The lowest BCUT2D eigenvalue weighted by atomic mass is 10.3. The Morgan fingerprint density at radius 3 is 1.71 bits per heavy atom. The molecule has 0 atom stereocenters. The number of carbonyl (C=O) groups excluding carboxylic acids is 1. The molecule has 0 bridgehead atoms. The van der Waals surface area contributed by atoms with Crippen molar-refractivity contribution in [1.29, 1.82) is 0 Å². The van der Waals surface area contributed by atoms with Gasteiger partial charge in [0.2, 0.25) is 0 Å². The highest BCUT2D eigenvalue weighted by atomic mass is 16.6. The van der Waals surface area contributed by atoms with E-state index >= 15 is 0 Å². The van der Waals surface area contributed by atoms with Gasteiger partial charge >= 0.3 is 6.09 Å². The van der Waals surface area contributed by atoms with Crippen LogP contribution in [0.3, 0.4) is 0 Å². The summed E-state index contributed by atoms with van der Waals surface area (Å²) in [4.78, 5) is 13.9. The molecule has 0 aromatic heterocycles. The minimum atomic E-state index is -0.365. The maximum atomic E-state index is 12.4. The smallest absolute Gasteiger partial charge is 0.409 e. The SMILES string of the molecule is CCCCOC(=O)N(CCOc1ccc(N)cc1)CCOc1ccc(N)cc1. The average molecular weight is 387 g/mol. The summed E-state index contributed by atoms with van der Waals surface area (Å²) in [5.41, 5.74) is 12.7. The highest BCUT2D eigenvalue weighted by Gasteiger charge is 2.15. The molecular formula is C21H29N3O4. The first-order chi connectivity index (χ1) is 13.6. The van der Waals surface area contributed by atoms with Crippen molar-refractivity contribution in [3.05, 3.63) is 48.5 Å². The average Bonchev–Trinajstić information content (AvgIpc) is 2.70. The summed E-state index contributed by atoms with van der Waals surface area (Å²) in [6.45, 7) is 3.92. The van der Waals surface area contributed by atoms with Crippen LogP contribution in [-0.4, -0.2) is 43.9 Å². The number of hydrogen-bond acceptors (Lipinski definition) is 6. The van der Waals surface area contributed by atoms with Crippen molar-refractivity contribution >= 4 is 17.5 Å². The fourth-order valence-electron chi connectivity index (χ4n) is 2.36. The summed E-state index contributed by atoms with van der Waals surface area (Å²) in [5.74, 6) is 1.40. The van der Waals surface area contributed by atoms with Crippen LogP contribution in [0, 0.1) is 0 Å². The van der Waals surface area contributed by atoms with Crippen LogP contribution in [0.4, 0.5) is 16.2 Å². The maximum absolute atomic E-state index is 12.4. The Kier molecular flexibility index (Phi) is 8.78. The molecule has 7 nitrogen and oxygen atoms in total. The first-order valence-corrected chi connectivity index (χ1v) is 9.47. The highest BCUT2D eigenvalue weighted by Crippen LogP contribution is 2.14. The van der Waals surface area contributed by atoms with E-state index in [-0.39, 0.29) is 6.09 Å². The van der Waals surface area contributed by atoms with Crippen LogP contribution in [0.2, 0.25) is 0 Å². The van der Waals surface area contributed by atoms with Crippen molar-refractivity contribution in [3.8, 4) is 11.5 Å². The van der Waals surface area contributed by atoms with Gasteiger partial charge < -0.3 is 30.6 Å². The second-order valence-corrected chi connectivity index (χ2v) is 6.29. The largest absolute Gasteiger partial charge is 0.492 e. The lowest BCUT2D eigenvalue weighted by Gasteiger charge is -2.22. The number of hydrogen-bond donors (Lipinski definition) is 2. The van der Waals surface area contributed by atoms with Crippen LogP contribution in [0.15, 0.2) is 48.5 Å². The van der Waals surface area contributed by atoms with Crippen LogP contribution in [0.5, 0.6) is 11.5 Å². The Bertz CT molecular complexity index is 653. The van der Waals surface area contributed by atoms with Crippen LogP contribution in [-0.2, 0) is 4.74 Å². The Morgan fingerprint density at radius 2 is 1.29 bits per heavy atom. The number of unbranched alkanes of at least 4 members (excludes halogenated alkanes) is 1. The minimum absolute atomic E-state index is 0.342. The fourth-order valence-corrected chi connectivity index (χ4v) is 2.36. The highest BCUT2D eigenvalue weighted by molar-refractivity contribution is 5.67. The third-order valence-corrected chi connectivity index (χ3v) is 4.00. The quantitative estimate of drug-likeness (QED) is 0.452. The number of nitrogens with zero attached hydrogens (tertiary/aromatic N) is 1. The van der Waals surface area contributed by atoms with Crippen molar-refractivity contribution in [2.24, 2.45) is 0 Å². The van der Waals surface area contributed by atoms with Gasteiger partial charge in [0.25, 0.3) is 0 Å². The maximum Gasteiger partial charge on any atom is 0.409 e. The summed E-state index contributed by atoms with van der Waals surface area (Å²) < 4.78 is 16.7. The molecule has 2 rings (SSSR count). The molecule has 4 N–H and O–H groups in total. The van der Waals surface area contributed by atoms with Gasteiger partial charge in [-0.2, -0.15) is 0 Å². The van der Waals surface area contributed by atoms with E-state index in [0.29, 0.717) is 55.8 Å². The zero-order valence-corrected chi connectivity index (χ0v) is 16.3. The molecular weight excluding hydrogens is 358 g/mol. The van der Waals surface area contributed by atoms with E-state index < -0.39 is 0 Å². The Morgan fingerprint density at radius 1 is 0.821 bits per heavy atom. The van der Waals surface area contributed by atoms with E-state index in [9.17, 15) is 4.79 Å². The van der Waals surface area contributed by atoms with E-state index in [2.05, 4.69) is 0 Å². The number of ether oxygens (including phenoxy) is 3. The standard InChI is InChI=1S/C21H29N3O4/c1-2-3-14-28-21(25)24(12-15-26-19-8-4-17(22)5-9-19)13-16-27-20-10-6-18(23)7-11-20/h4-11H,2-3,12-16,22-23H2,1H3. The molecule has 0 aliphatic carbocycles. The summed E-state index contributed by atoms with van der Waals surface area (Å²) in [6.07, 6.45) is 1.44. The van der Waals surface area contributed by atoms with Gasteiger partial charge in [-0.1, -0.05) is 13.3 Å². The molecule has 0 aliphatic rings. The van der Waals surface area contributed by atoms with Crippen molar-refractivity contribution in [2.45, 2.75) is 19.8 Å². The van der Waals surface area contributed by atoms with Gasteiger partial charge in [0.15, 0.2) is 0 Å². The van der Waals surface area contributed by atoms with Crippen LogP contribution in [0.25, 0.3) is 0 Å². The number of nitrogens with two attached hydrogens (primary N) is 2. The second kappa shape index (κ2) is 11.6. The van der Waals surface area contributed by atoms with E-state index in [1.807, 2.05) is 6.92 Å². The molecule has 2 aromatic rings. The Labute approximate surface area is 166 Å². The number of nitrogen functional groups attached to an aromatic ring is 2. The van der Waals surface area contributed by atoms with E-state index in [4.69, 9.17) is 25.7 Å². The van der Waals surface area contributed by atoms with Crippen LogP contribution < -0.4 is 20.9 Å². The van der Waals surface area contributed by atoms with Gasteiger partial charge in [-0.05, 0) is 55.0 Å². The number of rotatable bonds is 11. The predicted octanol–water partition coefficient (Wildman–Crippen LogP) is 3.55. The molecule has 2 aromatic carbocycles. The van der Waals surface area contributed by atoms with Crippen LogP contribution >= 0.6 is 0 Å². The van der Waals surface area contributed by atoms with Gasteiger partial charge in [-0.15, -0.1) is 0 Å². The van der Waals surface area contributed by atoms with Gasteiger partial charge in [0.05, 0.1) is 19.7 Å². The summed E-state index contributed by atoms with van der Waals surface area (Å²) in [6, 6.07) is 14.3. The first-order valence-electron chi connectivity index (χ1n) is 9.47. The van der Waals surface area contributed by atoms with Gasteiger partial charge in [-0.3, -0.25) is 0 Å². The monoisotopic (exact) mass is 387 g/mol. The van der Waals surface area contributed by atoms with Crippen molar-refractivity contribution in [2.75, 3.05) is 44.4 Å². The first kappa shape index (κ1) is 21.2. The van der Waals surface area contributed by atoms with Gasteiger partial charge in [0, 0.05) is 11.4 Å². The normalized spacial score (nSPS) is 10.3. The van der Waals surface area contributed by atoms with E-state index in [1.54, 1.807) is 53.4 Å². The molecule has 0 fully saturated rings. The number of carbonyl (C=O) groups is 1. The topological polar surface area (TPSA) is 100 Å². The lowest BCUT2D eigenvalue weighted by molar-refractivity contribution is 0.0887. The summed E-state index contributed by atoms with van der Waals surface area (Å²) >= 11 is 0. The van der Waals surface area contributed by atoms with Crippen LogP contribution in [0.1, 0.15) is 19.8 Å². The number of benzene rings is 2. The molecule has 1 amide bonds. The Hall–Kier alpha value is -3.09. The van der Waals surface area contributed by atoms with Gasteiger partial charge in [0.1, 0.15) is 24.7 Å². The third-order valence-electron chi connectivity index (χ3n) is 4.00. The third kappa shape index (κ3) is 7.65. The molecule has 0 aliphatic heterocycles. The number of amides is 1. The fraction of sp³-hybridized carbons (Fsp3) is 0.381. The molecule has 0 heterocycles. The molecule has 0 saturated heterocycles. The Balaban J connectivity index is 1.83. The zero-order valence-electron chi connectivity index (χ0n) is 16.3.